The van der Waals surface area contributed by atoms with E-state index in [0.717, 1.165) is 38.3 Å². The number of anilines is 1. The lowest BCUT2D eigenvalue weighted by Crippen LogP contribution is -2.35. The maximum Gasteiger partial charge on any atom is 0.180 e. The summed E-state index contributed by atoms with van der Waals surface area (Å²) in [5.74, 6) is 0.702. The molecule has 18 heavy (non-hydrogen) atoms. The third-order valence-electron chi connectivity index (χ3n) is 2.74. The Morgan fingerprint density at radius 1 is 1.28 bits per heavy atom. The summed E-state index contributed by atoms with van der Waals surface area (Å²) in [5.41, 5.74) is 6.77. The van der Waals surface area contributed by atoms with E-state index in [-0.39, 0.29) is 0 Å². The van der Waals surface area contributed by atoms with Crippen molar-refractivity contribution in [2.75, 3.05) is 46.0 Å². The average Bonchev–Trinajstić information content (AvgIpc) is 2.67. The molecule has 0 saturated carbocycles. The summed E-state index contributed by atoms with van der Waals surface area (Å²) in [5, 5.41) is 2.74. The van der Waals surface area contributed by atoms with Crippen LogP contribution in [0, 0.1) is 5.92 Å². The molecule has 0 saturated heterocycles. The van der Waals surface area contributed by atoms with E-state index < -0.39 is 0 Å². The molecule has 0 aliphatic rings. The van der Waals surface area contributed by atoms with Crippen LogP contribution in [-0.2, 0) is 6.42 Å². The Bertz CT molecular complexity index is 335. The van der Waals surface area contributed by atoms with Gasteiger partial charge in [0.2, 0.25) is 0 Å². The van der Waals surface area contributed by atoms with Crippen LogP contribution < -0.4 is 5.73 Å². The molecule has 0 aliphatic heterocycles. The van der Waals surface area contributed by atoms with Crippen molar-refractivity contribution in [2.24, 2.45) is 5.92 Å². The predicted molar refractivity (Wildman–Crippen MR) is 80.1 cm³/mol. The first-order valence-electron chi connectivity index (χ1n) is 6.54. The fourth-order valence-corrected chi connectivity index (χ4v) is 2.46. The fraction of sp³-hybridized carbons (Fsp3) is 0.769. The first-order chi connectivity index (χ1) is 8.47. The molecule has 2 N–H and O–H groups in total. The minimum absolute atomic E-state index is 0.675. The molecule has 1 aromatic rings. The highest BCUT2D eigenvalue weighted by Gasteiger charge is 2.09. The van der Waals surface area contributed by atoms with Crippen molar-refractivity contribution in [3.8, 4) is 0 Å². The van der Waals surface area contributed by atoms with E-state index in [1.165, 1.54) is 11.3 Å². The first kappa shape index (κ1) is 15.4. The van der Waals surface area contributed by atoms with Crippen molar-refractivity contribution in [1.29, 1.82) is 0 Å². The van der Waals surface area contributed by atoms with Crippen LogP contribution in [0.2, 0.25) is 0 Å². The summed E-state index contributed by atoms with van der Waals surface area (Å²) in [6.07, 6.45) is 0.994. The second-order valence-corrected chi connectivity index (χ2v) is 6.31. The molecule has 0 aromatic carbocycles. The van der Waals surface area contributed by atoms with Gasteiger partial charge in [-0.2, -0.15) is 0 Å². The second-order valence-electron chi connectivity index (χ2n) is 5.42. The Morgan fingerprint density at radius 2 is 2.00 bits per heavy atom. The number of thiazole rings is 1. The van der Waals surface area contributed by atoms with E-state index in [0.29, 0.717) is 11.0 Å². The zero-order chi connectivity index (χ0) is 13.5. The molecule has 0 radical (unpaired) electrons. The second kappa shape index (κ2) is 7.71. The molecule has 0 unspecified atom stereocenters. The minimum Gasteiger partial charge on any atom is -0.375 e. The number of aromatic nitrogens is 1. The number of rotatable bonds is 8. The van der Waals surface area contributed by atoms with Gasteiger partial charge in [0.25, 0.3) is 0 Å². The van der Waals surface area contributed by atoms with Gasteiger partial charge in [0.15, 0.2) is 5.13 Å². The Balaban J connectivity index is 2.39. The van der Waals surface area contributed by atoms with Crippen molar-refractivity contribution in [3.63, 3.8) is 0 Å². The Labute approximate surface area is 115 Å². The third-order valence-corrected chi connectivity index (χ3v) is 3.46. The zero-order valence-corrected chi connectivity index (χ0v) is 12.8. The summed E-state index contributed by atoms with van der Waals surface area (Å²) < 4.78 is 0. The van der Waals surface area contributed by atoms with Crippen LogP contribution >= 0.6 is 11.3 Å². The van der Waals surface area contributed by atoms with Gasteiger partial charge in [-0.3, -0.25) is 0 Å². The summed E-state index contributed by atoms with van der Waals surface area (Å²) in [7, 11) is 4.24. The lowest BCUT2D eigenvalue weighted by molar-refractivity contribution is 0.220. The molecule has 5 heteroatoms. The normalized spacial score (nSPS) is 11.9. The molecule has 1 rings (SSSR count). The summed E-state index contributed by atoms with van der Waals surface area (Å²) in [4.78, 5) is 9.06. The van der Waals surface area contributed by atoms with E-state index >= 15 is 0 Å². The highest BCUT2D eigenvalue weighted by molar-refractivity contribution is 7.13. The van der Waals surface area contributed by atoms with Crippen LogP contribution in [0.1, 0.15) is 19.5 Å². The topological polar surface area (TPSA) is 45.4 Å². The molecular formula is C13H26N4S. The molecule has 0 fully saturated rings. The molecule has 0 amide bonds. The van der Waals surface area contributed by atoms with Gasteiger partial charge < -0.3 is 15.5 Å². The molecule has 104 valence electrons. The van der Waals surface area contributed by atoms with Gasteiger partial charge in [0.1, 0.15) is 0 Å². The van der Waals surface area contributed by atoms with Gasteiger partial charge in [-0.25, -0.2) is 4.98 Å². The Hall–Kier alpha value is -0.650. The monoisotopic (exact) mass is 270 g/mol. The molecule has 0 bridgehead atoms. The highest BCUT2D eigenvalue weighted by atomic mass is 32.1. The molecule has 1 aromatic heterocycles. The standard InChI is InChI=1S/C13H26N4S/c1-11(2)9-17(8-7-16(3)4)6-5-12-10-18-13(14)15-12/h10-11H,5-9H2,1-4H3,(H2,14,15). The Kier molecular flexibility index (Phi) is 6.60. The largest absolute Gasteiger partial charge is 0.375 e. The van der Waals surface area contributed by atoms with Gasteiger partial charge in [0.05, 0.1) is 5.69 Å². The van der Waals surface area contributed by atoms with Crippen LogP contribution in [0.15, 0.2) is 5.38 Å². The maximum absolute atomic E-state index is 5.65. The molecule has 0 spiro atoms. The maximum atomic E-state index is 5.65. The summed E-state index contributed by atoms with van der Waals surface area (Å²) >= 11 is 1.53. The Morgan fingerprint density at radius 3 is 2.50 bits per heavy atom. The van der Waals surface area contributed by atoms with Gasteiger partial charge in [-0.05, 0) is 20.0 Å². The molecule has 0 aliphatic carbocycles. The lowest BCUT2D eigenvalue weighted by Gasteiger charge is -2.25. The molecular weight excluding hydrogens is 244 g/mol. The van der Waals surface area contributed by atoms with Gasteiger partial charge in [-0.15, -0.1) is 11.3 Å². The van der Waals surface area contributed by atoms with Crippen LogP contribution in [-0.4, -0.2) is 55.1 Å². The number of nitrogens with two attached hydrogens (primary N) is 1. The molecule has 1 heterocycles. The molecule has 4 nitrogen and oxygen atoms in total. The van der Waals surface area contributed by atoms with Crippen molar-refractivity contribution < 1.29 is 0 Å². The van der Waals surface area contributed by atoms with E-state index in [1.807, 2.05) is 0 Å². The average molecular weight is 270 g/mol. The van der Waals surface area contributed by atoms with Crippen molar-refractivity contribution >= 4 is 16.5 Å². The number of likely N-dealkylation sites (N-methyl/N-ethyl adjacent to an activating group) is 1. The van der Waals surface area contributed by atoms with E-state index in [1.54, 1.807) is 0 Å². The van der Waals surface area contributed by atoms with Gasteiger partial charge in [0, 0.05) is 38.0 Å². The van der Waals surface area contributed by atoms with Gasteiger partial charge in [-0.1, -0.05) is 13.8 Å². The number of hydrogen-bond acceptors (Lipinski definition) is 5. The molecule has 0 atom stereocenters. The SMILES string of the molecule is CC(C)CN(CCc1csc(N)n1)CCN(C)C. The highest BCUT2D eigenvalue weighted by Crippen LogP contribution is 2.12. The van der Waals surface area contributed by atoms with E-state index in [9.17, 15) is 0 Å². The smallest absolute Gasteiger partial charge is 0.180 e. The predicted octanol–water partition coefficient (Wildman–Crippen LogP) is 1.79. The summed E-state index contributed by atoms with van der Waals surface area (Å²) in [6.45, 7) is 8.96. The van der Waals surface area contributed by atoms with Crippen molar-refractivity contribution in [1.82, 2.24) is 14.8 Å². The van der Waals surface area contributed by atoms with Crippen LogP contribution in [0.5, 0.6) is 0 Å². The number of hydrogen-bond donors (Lipinski definition) is 1. The quantitative estimate of drug-likeness (QED) is 0.782. The van der Waals surface area contributed by atoms with Crippen molar-refractivity contribution in [3.05, 3.63) is 11.1 Å². The van der Waals surface area contributed by atoms with E-state index in [2.05, 4.69) is 48.1 Å². The fourth-order valence-electron chi connectivity index (χ4n) is 1.86. The minimum atomic E-state index is 0.675. The van der Waals surface area contributed by atoms with Crippen LogP contribution in [0.25, 0.3) is 0 Å². The van der Waals surface area contributed by atoms with Crippen LogP contribution in [0.3, 0.4) is 0 Å². The first-order valence-corrected chi connectivity index (χ1v) is 7.42. The van der Waals surface area contributed by atoms with Crippen LogP contribution in [0.4, 0.5) is 5.13 Å². The van der Waals surface area contributed by atoms with Crippen molar-refractivity contribution in [2.45, 2.75) is 20.3 Å². The number of nitrogen functional groups attached to an aromatic ring is 1. The van der Waals surface area contributed by atoms with E-state index in [4.69, 9.17) is 5.73 Å². The third kappa shape index (κ3) is 6.33. The summed E-state index contributed by atoms with van der Waals surface area (Å²) in [6, 6.07) is 0. The lowest BCUT2D eigenvalue weighted by atomic mass is 10.2. The number of nitrogens with zero attached hydrogens (tertiary/aromatic N) is 3. The zero-order valence-electron chi connectivity index (χ0n) is 12.0. The van der Waals surface area contributed by atoms with Gasteiger partial charge >= 0.3 is 0 Å².